The highest BCUT2D eigenvalue weighted by molar-refractivity contribution is 7.89. The first kappa shape index (κ1) is 21.7. The number of sulfonamides is 1. The van der Waals surface area contributed by atoms with Gasteiger partial charge in [-0.05, 0) is 55.3 Å². The number of methoxy groups -OCH3 is 1. The Morgan fingerprint density at radius 3 is 2.21 bits per heavy atom. The standard InChI is InChI=1S/C20H26N2O5S/c1-4-13-21-28(24,25)19-11-9-18(10-12-19)27-14-20(23)22-15(2)16-5-7-17(26-3)8-6-16/h5-12,15,21H,4,13-14H2,1-3H3,(H,22,23)/t15-/m1/s1. The summed E-state index contributed by atoms with van der Waals surface area (Å²) < 4.78 is 37.1. The maximum Gasteiger partial charge on any atom is 0.258 e. The number of carbonyl (C=O) groups is 1. The average Bonchev–Trinajstić information content (AvgIpc) is 2.71. The molecule has 8 heteroatoms. The first-order valence-corrected chi connectivity index (χ1v) is 10.5. The lowest BCUT2D eigenvalue weighted by Crippen LogP contribution is -2.31. The molecule has 2 aromatic rings. The van der Waals surface area contributed by atoms with E-state index >= 15 is 0 Å². The highest BCUT2D eigenvalue weighted by Gasteiger charge is 2.14. The lowest BCUT2D eigenvalue weighted by atomic mass is 10.1. The van der Waals surface area contributed by atoms with Crippen molar-refractivity contribution in [1.82, 2.24) is 10.0 Å². The highest BCUT2D eigenvalue weighted by Crippen LogP contribution is 2.18. The molecule has 0 bridgehead atoms. The second-order valence-corrected chi connectivity index (χ2v) is 7.99. The topological polar surface area (TPSA) is 93.7 Å². The summed E-state index contributed by atoms with van der Waals surface area (Å²) in [6.45, 7) is 3.98. The van der Waals surface area contributed by atoms with Gasteiger partial charge >= 0.3 is 0 Å². The molecular formula is C20H26N2O5S. The van der Waals surface area contributed by atoms with E-state index in [1.807, 2.05) is 38.1 Å². The van der Waals surface area contributed by atoms with Crippen LogP contribution in [0.4, 0.5) is 0 Å². The maximum absolute atomic E-state index is 12.1. The van der Waals surface area contributed by atoms with Crippen molar-refractivity contribution in [2.24, 2.45) is 0 Å². The average molecular weight is 407 g/mol. The summed E-state index contributed by atoms with van der Waals surface area (Å²) in [5.74, 6) is 0.896. The van der Waals surface area contributed by atoms with Gasteiger partial charge in [0.15, 0.2) is 6.61 Å². The molecule has 1 atom stereocenters. The molecule has 2 aromatic carbocycles. The molecule has 0 saturated carbocycles. The summed E-state index contributed by atoms with van der Waals surface area (Å²) in [7, 11) is -1.92. The molecule has 0 aliphatic heterocycles. The summed E-state index contributed by atoms with van der Waals surface area (Å²) in [5.41, 5.74) is 0.947. The third-order valence-electron chi connectivity index (χ3n) is 4.04. The largest absolute Gasteiger partial charge is 0.497 e. The minimum Gasteiger partial charge on any atom is -0.497 e. The minimum absolute atomic E-state index is 0.158. The fraction of sp³-hybridized carbons (Fsp3) is 0.350. The Bertz CT molecular complexity index is 864. The van der Waals surface area contributed by atoms with E-state index in [1.54, 1.807) is 7.11 Å². The lowest BCUT2D eigenvalue weighted by Gasteiger charge is -2.15. The maximum atomic E-state index is 12.1. The Labute approximate surface area is 166 Å². The zero-order chi connectivity index (χ0) is 20.6. The Hall–Kier alpha value is -2.58. The molecule has 7 nitrogen and oxygen atoms in total. The summed E-state index contributed by atoms with van der Waals surface area (Å²) >= 11 is 0. The third-order valence-corrected chi connectivity index (χ3v) is 5.52. The van der Waals surface area contributed by atoms with Gasteiger partial charge in [0.1, 0.15) is 11.5 Å². The molecule has 0 fully saturated rings. The van der Waals surface area contributed by atoms with Gasteiger partial charge in [-0.3, -0.25) is 4.79 Å². The zero-order valence-corrected chi connectivity index (χ0v) is 17.1. The van der Waals surface area contributed by atoms with Gasteiger partial charge in [0.25, 0.3) is 5.91 Å². The van der Waals surface area contributed by atoms with Crippen LogP contribution in [0.5, 0.6) is 11.5 Å². The highest BCUT2D eigenvalue weighted by atomic mass is 32.2. The predicted molar refractivity (Wildman–Crippen MR) is 107 cm³/mol. The smallest absolute Gasteiger partial charge is 0.258 e. The van der Waals surface area contributed by atoms with E-state index < -0.39 is 10.0 Å². The van der Waals surface area contributed by atoms with Gasteiger partial charge < -0.3 is 14.8 Å². The fourth-order valence-electron chi connectivity index (χ4n) is 2.44. The van der Waals surface area contributed by atoms with Crippen molar-refractivity contribution in [2.75, 3.05) is 20.3 Å². The van der Waals surface area contributed by atoms with Gasteiger partial charge in [-0.25, -0.2) is 13.1 Å². The van der Waals surface area contributed by atoms with Crippen molar-refractivity contribution < 1.29 is 22.7 Å². The van der Waals surface area contributed by atoms with Crippen molar-refractivity contribution >= 4 is 15.9 Å². The molecule has 1 amide bonds. The number of rotatable bonds is 10. The molecule has 2 rings (SSSR count). The van der Waals surface area contributed by atoms with Crippen LogP contribution in [0.1, 0.15) is 31.9 Å². The van der Waals surface area contributed by atoms with Gasteiger partial charge in [0.05, 0.1) is 18.0 Å². The normalized spacial score (nSPS) is 12.2. The van der Waals surface area contributed by atoms with Crippen LogP contribution < -0.4 is 19.5 Å². The minimum atomic E-state index is -3.52. The van der Waals surface area contributed by atoms with Gasteiger partial charge in [-0.2, -0.15) is 0 Å². The summed E-state index contributed by atoms with van der Waals surface area (Å²) in [4.78, 5) is 12.3. The Morgan fingerprint density at radius 2 is 1.64 bits per heavy atom. The summed E-state index contributed by atoms with van der Waals surface area (Å²) in [6, 6.07) is 13.2. The molecule has 0 aliphatic carbocycles. The second kappa shape index (κ2) is 10.1. The van der Waals surface area contributed by atoms with Crippen LogP contribution in [0.15, 0.2) is 53.4 Å². The van der Waals surface area contributed by atoms with Gasteiger partial charge in [0.2, 0.25) is 10.0 Å². The zero-order valence-electron chi connectivity index (χ0n) is 16.3. The Morgan fingerprint density at radius 1 is 1.04 bits per heavy atom. The molecule has 28 heavy (non-hydrogen) atoms. The molecule has 2 N–H and O–H groups in total. The molecule has 0 aliphatic rings. The van der Waals surface area contributed by atoms with Crippen LogP contribution in [0.2, 0.25) is 0 Å². The third kappa shape index (κ3) is 6.24. The number of amides is 1. The molecule has 0 unspecified atom stereocenters. The van der Waals surface area contributed by atoms with E-state index in [0.717, 1.165) is 11.3 Å². The van der Waals surface area contributed by atoms with Gasteiger partial charge in [0, 0.05) is 6.54 Å². The SMILES string of the molecule is CCCNS(=O)(=O)c1ccc(OCC(=O)N[C@H](C)c2ccc(OC)cc2)cc1. The molecule has 0 saturated heterocycles. The van der Waals surface area contributed by atoms with Crippen molar-refractivity contribution in [3.05, 3.63) is 54.1 Å². The van der Waals surface area contributed by atoms with E-state index in [4.69, 9.17) is 9.47 Å². The summed E-state index contributed by atoms with van der Waals surface area (Å²) in [6.07, 6.45) is 0.713. The number of carbonyl (C=O) groups excluding carboxylic acids is 1. The lowest BCUT2D eigenvalue weighted by molar-refractivity contribution is -0.123. The number of hydrogen-bond donors (Lipinski definition) is 2. The number of ether oxygens (including phenoxy) is 2. The number of hydrogen-bond acceptors (Lipinski definition) is 5. The second-order valence-electron chi connectivity index (χ2n) is 6.22. The van der Waals surface area contributed by atoms with E-state index in [1.165, 1.54) is 24.3 Å². The van der Waals surface area contributed by atoms with Crippen LogP contribution in [0.25, 0.3) is 0 Å². The van der Waals surface area contributed by atoms with Crippen molar-refractivity contribution in [3.63, 3.8) is 0 Å². The van der Waals surface area contributed by atoms with E-state index in [2.05, 4.69) is 10.0 Å². The van der Waals surface area contributed by atoms with Crippen molar-refractivity contribution in [1.29, 1.82) is 0 Å². The van der Waals surface area contributed by atoms with Crippen molar-refractivity contribution in [2.45, 2.75) is 31.2 Å². The van der Waals surface area contributed by atoms with E-state index in [0.29, 0.717) is 18.7 Å². The molecule has 0 spiro atoms. The van der Waals surface area contributed by atoms with Crippen LogP contribution >= 0.6 is 0 Å². The van der Waals surface area contributed by atoms with Crippen molar-refractivity contribution in [3.8, 4) is 11.5 Å². The number of nitrogens with one attached hydrogen (secondary N) is 2. The first-order chi connectivity index (χ1) is 13.4. The van der Waals surface area contributed by atoms with Gasteiger partial charge in [-0.1, -0.05) is 19.1 Å². The molecule has 0 heterocycles. The number of benzene rings is 2. The van der Waals surface area contributed by atoms with E-state index in [-0.39, 0.29) is 23.5 Å². The first-order valence-electron chi connectivity index (χ1n) is 9.01. The Kier molecular flexibility index (Phi) is 7.83. The molecule has 0 aromatic heterocycles. The fourth-order valence-corrected chi connectivity index (χ4v) is 3.58. The van der Waals surface area contributed by atoms with Crippen LogP contribution in [-0.2, 0) is 14.8 Å². The quantitative estimate of drug-likeness (QED) is 0.633. The Balaban J connectivity index is 1.86. The molecule has 152 valence electrons. The molecule has 0 radical (unpaired) electrons. The van der Waals surface area contributed by atoms with Crippen LogP contribution in [0, 0.1) is 0 Å². The van der Waals surface area contributed by atoms with Gasteiger partial charge in [-0.15, -0.1) is 0 Å². The predicted octanol–water partition coefficient (Wildman–Crippen LogP) is 2.64. The van der Waals surface area contributed by atoms with E-state index in [9.17, 15) is 13.2 Å². The van der Waals surface area contributed by atoms with Crippen LogP contribution in [-0.4, -0.2) is 34.6 Å². The van der Waals surface area contributed by atoms with Crippen LogP contribution in [0.3, 0.4) is 0 Å². The summed E-state index contributed by atoms with van der Waals surface area (Å²) in [5, 5.41) is 2.85. The molecular weight excluding hydrogens is 380 g/mol. The monoisotopic (exact) mass is 406 g/mol.